The average molecular weight is 485 g/mol. The van der Waals surface area contributed by atoms with Crippen LogP contribution in [0.4, 0.5) is 10.5 Å². The number of ether oxygens (including phenoxy) is 1. The van der Waals surface area contributed by atoms with Crippen LogP contribution in [0.2, 0.25) is 0 Å². The van der Waals surface area contributed by atoms with Crippen molar-refractivity contribution in [2.45, 2.75) is 17.4 Å². The maximum Gasteiger partial charge on any atom is 0.322 e. The molecule has 0 aromatic heterocycles. The first-order valence-electron chi connectivity index (χ1n) is 10.6. The lowest BCUT2D eigenvalue weighted by atomic mass is 9.92. The molecule has 1 atom stereocenters. The number of imide groups is 1. The number of anilines is 1. The van der Waals surface area contributed by atoms with Crippen molar-refractivity contribution in [1.82, 2.24) is 14.9 Å². The van der Waals surface area contributed by atoms with Crippen molar-refractivity contribution in [2.24, 2.45) is 0 Å². The number of nitrogens with zero attached hydrogens (tertiary/aromatic N) is 1. The van der Waals surface area contributed by atoms with Crippen molar-refractivity contribution in [1.29, 1.82) is 0 Å². The van der Waals surface area contributed by atoms with E-state index >= 15 is 0 Å². The first kappa shape index (κ1) is 23.6. The maximum absolute atomic E-state index is 12.7. The molecule has 4 rings (SSSR count). The van der Waals surface area contributed by atoms with Crippen molar-refractivity contribution in [3.05, 3.63) is 65.7 Å². The summed E-state index contributed by atoms with van der Waals surface area (Å²) in [6, 6.07) is 12.3. The van der Waals surface area contributed by atoms with Crippen LogP contribution in [-0.4, -0.2) is 56.9 Å². The standard InChI is InChI=1S/C23H24N4O6S/c1-23(21(29)25-22(30)26-23)17-3-2-4-18(15-17)24-20(28)10-7-16-5-8-19(9-6-16)34(31,32)27-11-13-33-14-12-27/h2-10,15H,11-14H2,1H3,(H,24,28)(H2,25,26,29,30). The Hall–Kier alpha value is -3.54. The Kier molecular flexibility index (Phi) is 6.51. The third-order valence-electron chi connectivity index (χ3n) is 5.67. The molecule has 2 aliphatic heterocycles. The van der Waals surface area contributed by atoms with Gasteiger partial charge < -0.3 is 15.4 Å². The minimum atomic E-state index is -3.58. The molecule has 0 spiro atoms. The second-order valence-corrected chi connectivity index (χ2v) is 9.96. The van der Waals surface area contributed by atoms with Crippen LogP contribution in [0.15, 0.2) is 59.5 Å². The van der Waals surface area contributed by atoms with E-state index in [4.69, 9.17) is 4.74 Å². The van der Waals surface area contributed by atoms with Crippen molar-refractivity contribution < 1.29 is 27.5 Å². The van der Waals surface area contributed by atoms with Gasteiger partial charge in [0.25, 0.3) is 5.91 Å². The summed E-state index contributed by atoms with van der Waals surface area (Å²) in [6.07, 6.45) is 2.89. The van der Waals surface area contributed by atoms with Gasteiger partial charge in [0.1, 0.15) is 5.54 Å². The monoisotopic (exact) mass is 484 g/mol. The topological polar surface area (TPSA) is 134 Å². The number of urea groups is 1. The number of morpholine rings is 1. The molecular weight excluding hydrogens is 460 g/mol. The van der Waals surface area contributed by atoms with Gasteiger partial charge in [-0.2, -0.15) is 4.31 Å². The molecule has 0 radical (unpaired) electrons. The number of sulfonamides is 1. The van der Waals surface area contributed by atoms with Gasteiger partial charge in [0.2, 0.25) is 15.9 Å². The second-order valence-electron chi connectivity index (χ2n) is 8.02. The Morgan fingerprint density at radius 3 is 2.47 bits per heavy atom. The van der Waals surface area contributed by atoms with E-state index in [2.05, 4.69) is 16.0 Å². The van der Waals surface area contributed by atoms with Crippen LogP contribution in [0.5, 0.6) is 0 Å². The number of carbonyl (C=O) groups excluding carboxylic acids is 3. The van der Waals surface area contributed by atoms with Gasteiger partial charge in [-0.3, -0.25) is 14.9 Å². The Balaban J connectivity index is 1.41. The van der Waals surface area contributed by atoms with Gasteiger partial charge in [0.15, 0.2) is 0 Å². The normalized spacial score (nSPS) is 21.3. The van der Waals surface area contributed by atoms with Crippen molar-refractivity contribution in [3.63, 3.8) is 0 Å². The molecule has 10 nitrogen and oxygen atoms in total. The van der Waals surface area contributed by atoms with E-state index in [9.17, 15) is 22.8 Å². The van der Waals surface area contributed by atoms with Crippen molar-refractivity contribution in [2.75, 3.05) is 31.6 Å². The van der Waals surface area contributed by atoms with Gasteiger partial charge in [0, 0.05) is 24.9 Å². The Labute approximate surface area is 197 Å². The van der Waals surface area contributed by atoms with E-state index in [-0.39, 0.29) is 4.90 Å². The number of rotatable bonds is 6. The lowest BCUT2D eigenvalue weighted by Gasteiger charge is -2.26. The lowest BCUT2D eigenvalue weighted by Crippen LogP contribution is -2.40. The zero-order chi connectivity index (χ0) is 24.3. The molecule has 2 aromatic rings. The summed E-state index contributed by atoms with van der Waals surface area (Å²) in [6.45, 7) is 2.97. The Morgan fingerprint density at radius 2 is 1.82 bits per heavy atom. The summed E-state index contributed by atoms with van der Waals surface area (Å²) < 4.78 is 32.0. The second kappa shape index (κ2) is 9.37. The number of hydrogen-bond acceptors (Lipinski definition) is 6. The molecule has 34 heavy (non-hydrogen) atoms. The van der Waals surface area contributed by atoms with Gasteiger partial charge in [-0.05, 0) is 48.4 Å². The van der Waals surface area contributed by atoms with Crippen molar-refractivity contribution in [3.8, 4) is 0 Å². The molecule has 178 valence electrons. The molecule has 2 fully saturated rings. The number of carbonyl (C=O) groups is 3. The molecular formula is C23H24N4O6S. The minimum absolute atomic E-state index is 0.185. The van der Waals surface area contributed by atoms with Gasteiger partial charge >= 0.3 is 6.03 Å². The molecule has 3 N–H and O–H groups in total. The summed E-state index contributed by atoms with van der Waals surface area (Å²) in [5.41, 5.74) is 0.406. The van der Waals surface area contributed by atoms with Crippen LogP contribution in [0.3, 0.4) is 0 Å². The summed E-state index contributed by atoms with van der Waals surface area (Å²) >= 11 is 0. The molecule has 0 saturated carbocycles. The van der Waals surface area contributed by atoms with E-state index in [0.29, 0.717) is 43.1 Å². The fraction of sp³-hybridized carbons (Fsp3) is 0.261. The fourth-order valence-electron chi connectivity index (χ4n) is 3.70. The predicted octanol–water partition coefficient (Wildman–Crippen LogP) is 1.41. The summed E-state index contributed by atoms with van der Waals surface area (Å²) in [5.74, 6) is -0.882. The van der Waals surface area contributed by atoms with Gasteiger partial charge in [-0.1, -0.05) is 24.3 Å². The Morgan fingerprint density at radius 1 is 1.12 bits per heavy atom. The number of nitrogens with one attached hydrogen (secondary N) is 3. The smallest absolute Gasteiger partial charge is 0.322 e. The van der Waals surface area contributed by atoms with Crippen molar-refractivity contribution >= 4 is 39.6 Å². The van der Waals surface area contributed by atoms with E-state index in [0.717, 1.165) is 0 Å². The van der Waals surface area contributed by atoms with Crippen LogP contribution in [0.1, 0.15) is 18.1 Å². The van der Waals surface area contributed by atoms with Crippen LogP contribution in [-0.2, 0) is 29.9 Å². The summed E-state index contributed by atoms with van der Waals surface area (Å²) in [4.78, 5) is 36.2. The summed E-state index contributed by atoms with van der Waals surface area (Å²) in [7, 11) is -3.58. The predicted molar refractivity (Wildman–Crippen MR) is 124 cm³/mol. The number of hydrogen-bond donors (Lipinski definition) is 3. The first-order chi connectivity index (χ1) is 16.2. The summed E-state index contributed by atoms with van der Waals surface area (Å²) in [5, 5.41) is 7.50. The largest absolute Gasteiger partial charge is 0.379 e. The molecule has 2 aromatic carbocycles. The van der Waals surface area contributed by atoms with E-state index in [1.807, 2.05) is 0 Å². The maximum atomic E-state index is 12.7. The zero-order valence-corrected chi connectivity index (χ0v) is 19.2. The molecule has 4 amide bonds. The molecule has 2 heterocycles. The quantitative estimate of drug-likeness (QED) is 0.419. The van der Waals surface area contributed by atoms with Crippen LogP contribution in [0.25, 0.3) is 6.08 Å². The number of amides is 4. The molecule has 1 unspecified atom stereocenters. The highest BCUT2D eigenvalue weighted by Crippen LogP contribution is 2.26. The van der Waals surface area contributed by atoms with E-state index < -0.39 is 33.4 Å². The lowest BCUT2D eigenvalue weighted by molar-refractivity contribution is -0.123. The Bertz CT molecular complexity index is 1250. The number of benzene rings is 2. The van der Waals surface area contributed by atoms with Crippen LogP contribution in [0, 0.1) is 0 Å². The average Bonchev–Trinajstić information content (AvgIpc) is 3.10. The van der Waals surface area contributed by atoms with E-state index in [1.165, 1.54) is 22.5 Å². The molecule has 0 bridgehead atoms. The minimum Gasteiger partial charge on any atom is -0.379 e. The molecule has 2 saturated heterocycles. The van der Waals surface area contributed by atoms with Gasteiger partial charge in [-0.15, -0.1) is 0 Å². The van der Waals surface area contributed by atoms with Crippen LogP contribution >= 0.6 is 0 Å². The molecule has 11 heteroatoms. The third-order valence-corrected chi connectivity index (χ3v) is 7.58. The highest BCUT2D eigenvalue weighted by atomic mass is 32.2. The van der Waals surface area contributed by atoms with E-state index in [1.54, 1.807) is 49.4 Å². The molecule has 0 aliphatic carbocycles. The highest BCUT2D eigenvalue weighted by molar-refractivity contribution is 7.89. The van der Waals surface area contributed by atoms with Crippen LogP contribution < -0.4 is 16.0 Å². The third kappa shape index (κ3) is 4.86. The fourth-order valence-corrected chi connectivity index (χ4v) is 5.11. The highest BCUT2D eigenvalue weighted by Gasteiger charge is 2.43. The molecule has 2 aliphatic rings. The van der Waals surface area contributed by atoms with Gasteiger partial charge in [0.05, 0.1) is 18.1 Å². The van der Waals surface area contributed by atoms with Gasteiger partial charge in [-0.25, -0.2) is 13.2 Å². The SMILES string of the molecule is CC1(c2cccc(NC(=O)C=Cc3ccc(S(=O)(=O)N4CCOCC4)cc3)c2)NC(=O)NC1=O. The first-order valence-corrected chi connectivity index (χ1v) is 12.0. The zero-order valence-electron chi connectivity index (χ0n) is 18.4.